The Hall–Kier alpha value is -2.50. The molecule has 0 aliphatic rings. The topological polar surface area (TPSA) is 56.1 Å². The van der Waals surface area contributed by atoms with Gasteiger partial charge in [0.15, 0.2) is 0 Å². The minimum atomic E-state index is -0.0918. The van der Waals surface area contributed by atoms with E-state index in [-0.39, 0.29) is 18.9 Å². The highest BCUT2D eigenvalue weighted by molar-refractivity contribution is 6.42. The van der Waals surface area contributed by atoms with Gasteiger partial charge in [0.2, 0.25) is 5.91 Å². The summed E-state index contributed by atoms with van der Waals surface area (Å²) in [6.45, 7) is 1.39. The number of ether oxygens (including phenoxy) is 1. The van der Waals surface area contributed by atoms with E-state index in [1.807, 2.05) is 29.1 Å². The molecule has 3 aromatic rings. The molecule has 27 heavy (non-hydrogen) atoms. The maximum absolute atomic E-state index is 12.0. The summed E-state index contributed by atoms with van der Waals surface area (Å²) in [5.74, 6) is 0.491. The number of nitrogens with zero attached hydrogens (tertiary/aromatic N) is 2. The van der Waals surface area contributed by atoms with Gasteiger partial charge >= 0.3 is 0 Å². The van der Waals surface area contributed by atoms with Crippen molar-refractivity contribution in [1.29, 1.82) is 0 Å². The number of nitrogens with one attached hydrogen (secondary N) is 1. The van der Waals surface area contributed by atoms with Crippen LogP contribution < -0.4 is 10.1 Å². The number of carbonyl (C=O) groups excluding carboxylic acids is 1. The summed E-state index contributed by atoms with van der Waals surface area (Å²) in [6, 6.07) is 15.1. The lowest BCUT2D eigenvalue weighted by Gasteiger charge is -2.07. The first-order valence-electron chi connectivity index (χ1n) is 8.50. The van der Waals surface area contributed by atoms with Gasteiger partial charge in [-0.1, -0.05) is 53.5 Å². The Bertz CT molecular complexity index is 897. The van der Waals surface area contributed by atoms with E-state index in [2.05, 4.69) is 22.5 Å². The Morgan fingerprint density at radius 2 is 1.89 bits per heavy atom. The van der Waals surface area contributed by atoms with Crippen LogP contribution in [-0.2, 0) is 17.9 Å². The van der Waals surface area contributed by atoms with Gasteiger partial charge < -0.3 is 10.1 Å². The monoisotopic (exact) mass is 403 g/mol. The van der Waals surface area contributed by atoms with Gasteiger partial charge in [-0.2, -0.15) is 5.10 Å². The summed E-state index contributed by atoms with van der Waals surface area (Å²) in [5.41, 5.74) is 2.13. The molecular formula is C20H19Cl2N3O2. The van der Waals surface area contributed by atoms with Crippen molar-refractivity contribution in [2.24, 2.45) is 0 Å². The predicted octanol–water partition coefficient (Wildman–Crippen LogP) is 4.32. The fourth-order valence-electron chi connectivity index (χ4n) is 2.47. The lowest BCUT2D eigenvalue weighted by molar-refractivity contribution is -0.121. The van der Waals surface area contributed by atoms with Crippen LogP contribution in [0.1, 0.15) is 17.5 Å². The summed E-state index contributed by atoms with van der Waals surface area (Å²) in [5, 5.41) is 8.08. The second-order valence-corrected chi connectivity index (χ2v) is 6.80. The van der Waals surface area contributed by atoms with Crippen LogP contribution in [0.5, 0.6) is 5.75 Å². The van der Waals surface area contributed by atoms with Gasteiger partial charge in [0.05, 0.1) is 35.8 Å². The van der Waals surface area contributed by atoms with Crippen molar-refractivity contribution >= 4 is 29.1 Å². The first-order valence-corrected chi connectivity index (χ1v) is 9.25. The average Bonchev–Trinajstić information content (AvgIpc) is 3.11. The zero-order chi connectivity index (χ0) is 19.1. The summed E-state index contributed by atoms with van der Waals surface area (Å²) in [4.78, 5) is 12.0. The molecule has 0 atom stereocenters. The number of rotatable bonds is 8. The van der Waals surface area contributed by atoms with E-state index < -0.39 is 0 Å². The molecule has 7 heteroatoms. The fraction of sp³-hybridized carbons (Fsp3) is 0.200. The molecule has 5 nitrogen and oxygen atoms in total. The van der Waals surface area contributed by atoms with Gasteiger partial charge in [-0.05, 0) is 17.7 Å². The van der Waals surface area contributed by atoms with Crippen LogP contribution >= 0.6 is 23.2 Å². The van der Waals surface area contributed by atoms with Crippen molar-refractivity contribution in [2.45, 2.75) is 19.5 Å². The number of aromatic nitrogens is 2. The normalized spacial score (nSPS) is 10.6. The standard InChI is InChI=1S/C20H19Cl2N3O2/c21-18-7-6-17(10-19(18)22)27-9-8-20(26)23-11-16-12-24-25(14-16)13-15-4-2-1-3-5-15/h1-7,10,12,14H,8-9,11,13H2,(H,23,26). The van der Waals surface area contributed by atoms with E-state index in [4.69, 9.17) is 27.9 Å². The first kappa shape index (κ1) is 19.3. The molecule has 0 aliphatic carbocycles. The number of halogens is 2. The number of amides is 1. The van der Waals surface area contributed by atoms with Gasteiger partial charge in [-0.25, -0.2) is 0 Å². The maximum atomic E-state index is 12.0. The van der Waals surface area contributed by atoms with E-state index in [1.54, 1.807) is 24.4 Å². The second-order valence-electron chi connectivity index (χ2n) is 5.98. The largest absolute Gasteiger partial charge is 0.493 e. The number of hydrogen-bond donors (Lipinski definition) is 1. The zero-order valence-corrected chi connectivity index (χ0v) is 16.1. The highest BCUT2D eigenvalue weighted by Gasteiger charge is 2.05. The molecule has 0 spiro atoms. The molecule has 1 aromatic heterocycles. The van der Waals surface area contributed by atoms with Gasteiger partial charge in [0.25, 0.3) is 0 Å². The lowest BCUT2D eigenvalue weighted by Crippen LogP contribution is -2.24. The molecule has 1 N–H and O–H groups in total. The molecule has 0 bridgehead atoms. The maximum Gasteiger partial charge on any atom is 0.223 e. The molecule has 0 unspecified atom stereocenters. The molecule has 1 heterocycles. The van der Waals surface area contributed by atoms with Crippen LogP contribution in [0.2, 0.25) is 10.0 Å². The molecule has 0 saturated carbocycles. The van der Waals surface area contributed by atoms with Gasteiger partial charge in [-0.3, -0.25) is 9.48 Å². The average molecular weight is 404 g/mol. The smallest absolute Gasteiger partial charge is 0.223 e. The first-order chi connectivity index (χ1) is 13.1. The fourth-order valence-corrected chi connectivity index (χ4v) is 2.76. The highest BCUT2D eigenvalue weighted by Crippen LogP contribution is 2.26. The molecule has 0 saturated heterocycles. The third kappa shape index (κ3) is 6.01. The van der Waals surface area contributed by atoms with Crippen LogP contribution in [0.3, 0.4) is 0 Å². The molecule has 3 rings (SSSR count). The Morgan fingerprint density at radius 3 is 2.67 bits per heavy atom. The van der Waals surface area contributed by atoms with Crippen LogP contribution in [-0.4, -0.2) is 22.3 Å². The molecule has 140 valence electrons. The number of benzene rings is 2. The number of hydrogen-bond acceptors (Lipinski definition) is 3. The Labute approximate surface area is 167 Å². The Morgan fingerprint density at radius 1 is 1.07 bits per heavy atom. The van der Waals surface area contributed by atoms with Gasteiger partial charge in [-0.15, -0.1) is 0 Å². The van der Waals surface area contributed by atoms with Crippen LogP contribution in [0.15, 0.2) is 60.9 Å². The molecule has 0 radical (unpaired) electrons. The molecule has 0 aliphatic heterocycles. The molecule has 1 amide bonds. The van der Waals surface area contributed by atoms with E-state index >= 15 is 0 Å². The molecule has 2 aromatic carbocycles. The summed E-state index contributed by atoms with van der Waals surface area (Å²) in [6.07, 6.45) is 3.94. The van der Waals surface area contributed by atoms with Crippen LogP contribution in [0.4, 0.5) is 0 Å². The van der Waals surface area contributed by atoms with Crippen molar-refractivity contribution in [3.8, 4) is 5.75 Å². The van der Waals surface area contributed by atoms with Gasteiger partial charge in [0, 0.05) is 24.4 Å². The Balaban J connectivity index is 1.39. The second kappa shape index (κ2) is 9.44. The van der Waals surface area contributed by atoms with E-state index in [1.165, 1.54) is 5.56 Å². The quantitative estimate of drug-likeness (QED) is 0.608. The van der Waals surface area contributed by atoms with Crippen molar-refractivity contribution < 1.29 is 9.53 Å². The number of carbonyl (C=O) groups is 1. The third-order valence-corrected chi connectivity index (χ3v) is 4.59. The van der Waals surface area contributed by atoms with Crippen molar-refractivity contribution in [2.75, 3.05) is 6.61 Å². The predicted molar refractivity (Wildman–Crippen MR) is 106 cm³/mol. The third-order valence-electron chi connectivity index (χ3n) is 3.85. The van der Waals surface area contributed by atoms with Crippen LogP contribution in [0, 0.1) is 0 Å². The van der Waals surface area contributed by atoms with E-state index in [0.717, 1.165) is 5.56 Å². The summed E-state index contributed by atoms with van der Waals surface area (Å²) >= 11 is 11.8. The van der Waals surface area contributed by atoms with E-state index in [9.17, 15) is 4.79 Å². The molecule has 0 fully saturated rings. The summed E-state index contributed by atoms with van der Waals surface area (Å²) < 4.78 is 7.37. The lowest BCUT2D eigenvalue weighted by atomic mass is 10.2. The van der Waals surface area contributed by atoms with Gasteiger partial charge in [0.1, 0.15) is 5.75 Å². The van der Waals surface area contributed by atoms with Crippen molar-refractivity contribution in [3.05, 3.63) is 82.1 Å². The Kier molecular flexibility index (Phi) is 6.74. The van der Waals surface area contributed by atoms with Crippen LogP contribution in [0.25, 0.3) is 0 Å². The van der Waals surface area contributed by atoms with Crippen molar-refractivity contribution in [3.63, 3.8) is 0 Å². The SMILES string of the molecule is O=C(CCOc1ccc(Cl)c(Cl)c1)NCc1cnn(Cc2ccccc2)c1. The minimum absolute atomic E-state index is 0.0918. The van der Waals surface area contributed by atoms with Crippen molar-refractivity contribution in [1.82, 2.24) is 15.1 Å². The highest BCUT2D eigenvalue weighted by atomic mass is 35.5. The summed E-state index contributed by atoms with van der Waals surface area (Å²) in [7, 11) is 0. The zero-order valence-electron chi connectivity index (χ0n) is 14.6. The van der Waals surface area contributed by atoms with E-state index in [0.29, 0.717) is 28.9 Å². The molecular weight excluding hydrogens is 385 g/mol. The minimum Gasteiger partial charge on any atom is -0.493 e.